The zero-order chi connectivity index (χ0) is 11.9. The molecular weight excluding hydrogens is 327 g/mol. The highest BCUT2D eigenvalue weighted by molar-refractivity contribution is 14.1. The largest absolute Gasteiger partial charge is 0.326 e. The predicted octanol–water partition coefficient (Wildman–Crippen LogP) is 2.69. The maximum absolute atomic E-state index is 12.6. The van der Waals surface area contributed by atoms with Crippen molar-refractivity contribution < 1.29 is 13.6 Å². The third-order valence-electron chi connectivity index (χ3n) is 2.49. The molecule has 2 nitrogen and oxygen atoms in total. The van der Waals surface area contributed by atoms with Crippen LogP contribution in [0.2, 0.25) is 0 Å². The Morgan fingerprint density at radius 1 is 1.44 bits per heavy atom. The number of aryl methyl sites for hydroxylation is 1. The molecule has 5 heteroatoms. The number of hydrogen-bond acceptors (Lipinski definition) is 1. The Morgan fingerprint density at radius 2 is 2.06 bits per heavy atom. The van der Waals surface area contributed by atoms with Crippen molar-refractivity contribution in [3.05, 3.63) is 32.9 Å². The molecule has 16 heavy (non-hydrogen) atoms. The van der Waals surface area contributed by atoms with Gasteiger partial charge in [-0.1, -0.05) is 11.6 Å². The number of hydrogen-bond donors (Lipinski definition) is 0. The van der Waals surface area contributed by atoms with E-state index < -0.39 is 19.0 Å². The normalized spacial score (nSPS) is 18.1. The van der Waals surface area contributed by atoms with Crippen LogP contribution in [0.5, 0.6) is 0 Å². The van der Waals surface area contributed by atoms with Crippen LogP contribution in [0.25, 0.3) is 0 Å². The molecule has 1 aromatic rings. The molecule has 1 heterocycles. The smallest absolute Gasteiger partial charge is 0.282 e. The van der Waals surface area contributed by atoms with Gasteiger partial charge in [-0.2, -0.15) is 0 Å². The lowest BCUT2D eigenvalue weighted by Crippen LogP contribution is -2.58. The van der Waals surface area contributed by atoms with Crippen LogP contribution in [0.15, 0.2) is 18.2 Å². The van der Waals surface area contributed by atoms with Gasteiger partial charge in [-0.3, -0.25) is 4.79 Å². The summed E-state index contributed by atoms with van der Waals surface area (Å²) >= 11 is 2.05. The quantitative estimate of drug-likeness (QED) is 0.722. The molecule has 86 valence electrons. The molecule has 0 saturated carbocycles. The van der Waals surface area contributed by atoms with Gasteiger partial charge in [-0.25, -0.2) is 8.78 Å². The van der Waals surface area contributed by atoms with Gasteiger partial charge in [-0.05, 0) is 41.6 Å². The van der Waals surface area contributed by atoms with Gasteiger partial charge in [0.25, 0.3) is 11.8 Å². The summed E-state index contributed by atoms with van der Waals surface area (Å²) in [6.07, 6.45) is 0. The average molecular weight is 337 g/mol. The molecule has 0 N–H and O–H groups in total. The number of likely N-dealkylation sites (tertiary alicyclic amines) is 1. The molecule has 1 aliphatic rings. The summed E-state index contributed by atoms with van der Waals surface area (Å²) in [5.41, 5.74) is 1.55. The second-order valence-corrected chi connectivity index (χ2v) is 5.16. The molecule has 0 radical (unpaired) electrons. The van der Waals surface area contributed by atoms with Crippen molar-refractivity contribution >= 4 is 28.5 Å². The first-order valence-corrected chi connectivity index (χ1v) is 5.90. The zero-order valence-electron chi connectivity index (χ0n) is 8.64. The van der Waals surface area contributed by atoms with E-state index in [0.29, 0.717) is 5.56 Å². The summed E-state index contributed by atoms with van der Waals surface area (Å²) < 4.78 is 26.1. The number of carbonyl (C=O) groups excluding carboxylic acids is 1. The Labute approximate surface area is 106 Å². The fourth-order valence-corrected chi connectivity index (χ4v) is 2.52. The maximum atomic E-state index is 12.6. The van der Waals surface area contributed by atoms with Gasteiger partial charge in [0.2, 0.25) is 0 Å². The summed E-state index contributed by atoms with van der Waals surface area (Å²) in [6, 6.07) is 5.37. The number of benzene rings is 1. The van der Waals surface area contributed by atoms with E-state index in [1.807, 2.05) is 41.6 Å². The SMILES string of the molecule is Cc1ccc(C(=O)N2CC(F)(F)C2)c(I)c1. The molecule has 0 atom stereocenters. The van der Waals surface area contributed by atoms with Crippen molar-refractivity contribution in [2.45, 2.75) is 12.8 Å². The number of alkyl halides is 2. The lowest BCUT2D eigenvalue weighted by molar-refractivity contribution is -0.113. The van der Waals surface area contributed by atoms with Crippen molar-refractivity contribution in [2.24, 2.45) is 0 Å². The summed E-state index contributed by atoms with van der Waals surface area (Å²) in [4.78, 5) is 13.0. The molecule has 0 aromatic heterocycles. The molecule has 0 bridgehead atoms. The molecule has 1 aliphatic heterocycles. The van der Waals surface area contributed by atoms with E-state index in [4.69, 9.17) is 0 Å². The minimum absolute atomic E-state index is 0.310. The van der Waals surface area contributed by atoms with E-state index in [1.54, 1.807) is 6.07 Å². The Kier molecular flexibility index (Phi) is 2.90. The first kappa shape index (κ1) is 11.8. The van der Waals surface area contributed by atoms with Crippen LogP contribution in [0.3, 0.4) is 0 Å². The van der Waals surface area contributed by atoms with Gasteiger partial charge < -0.3 is 4.90 Å². The number of amides is 1. The van der Waals surface area contributed by atoms with Crippen LogP contribution in [0.1, 0.15) is 15.9 Å². The summed E-state index contributed by atoms with van der Waals surface area (Å²) in [7, 11) is 0. The van der Waals surface area contributed by atoms with Gasteiger partial charge in [-0.15, -0.1) is 0 Å². The molecular formula is C11H10F2INO. The Hall–Kier alpha value is -0.720. The maximum Gasteiger partial charge on any atom is 0.282 e. The molecule has 1 amide bonds. The van der Waals surface area contributed by atoms with E-state index in [1.165, 1.54) is 4.90 Å². The van der Waals surface area contributed by atoms with Crippen molar-refractivity contribution in [2.75, 3.05) is 13.1 Å². The molecule has 1 aromatic carbocycles. The highest BCUT2D eigenvalue weighted by Gasteiger charge is 2.46. The Balaban J connectivity index is 2.16. The average Bonchev–Trinajstić information content (AvgIpc) is 2.13. The monoisotopic (exact) mass is 337 g/mol. The van der Waals surface area contributed by atoms with E-state index >= 15 is 0 Å². The van der Waals surface area contributed by atoms with E-state index in [2.05, 4.69) is 0 Å². The van der Waals surface area contributed by atoms with Crippen LogP contribution in [-0.2, 0) is 0 Å². The standard InChI is InChI=1S/C11H10F2INO/c1-7-2-3-8(9(14)4-7)10(16)15-5-11(12,13)6-15/h2-4H,5-6H2,1H3. The number of carbonyl (C=O) groups is 1. The van der Waals surface area contributed by atoms with Crippen LogP contribution in [0.4, 0.5) is 8.78 Å². The lowest BCUT2D eigenvalue weighted by Gasteiger charge is -2.38. The topological polar surface area (TPSA) is 20.3 Å². The number of halogens is 3. The van der Waals surface area contributed by atoms with Gasteiger partial charge in [0.1, 0.15) is 0 Å². The number of rotatable bonds is 1. The molecule has 0 unspecified atom stereocenters. The predicted molar refractivity (Wildman–Crippen MR) is 64.7 cm³/mol. The second kappa shape index (κ2) is 3.94. The molecule has 0 aliphatic carbocycles. The minimum atomic E-state index is -2.70. The van der Waals surface area contributed by atoms with Crippen molar-refractivity contribution in [1.29, 1.82) is 0 Å². The molecule has 1 saturated heterocycles. The van der Waals surface area contributed by atoms with Crippen LogP contribution in [0, 0.1) is 10.5 Å². The first-order chi connectivity index (χ1) is 7.39. The van der Waals surface area contributed by atoms with Gasteiger partial charge in [0.15, 0.2) is 0 Å². The van der Waals surface area contributed by atoms with E-state index in [0.717, 1.165) is 9.13 Å². The first-order valence-electron chi connectivity index (χ1n) is 4.82. The zero-order valence-corrected chi connectivity index (χ0v) is 10.8. The second-order valence-electron chi connectivity index (χ2n) is 4.00. The summed E-state index contributed by atoms with van der Waals surface area (Å²) in [6.45, 7) is 1.000. The van der Waals surface area contributed by atoms with Crippen molar-refractivity contribution in [3.8, 4) is 0 Å². The van der Waals surface area contributed by atoms with Crippen LogP contribution in [-0.4, -0.2) is 29.8 Å². The lowest BCUT2D eigenvalue weighted by atomic mass is 10.1. The molecule has 0 spiro atoms. The fraction of sp³-hybridized carbons (Fsp3) is 0.364. The van der Waals surface area contributed by atoms with E-state index in [9.17, 15) is 13.6 Å². The Morgan fingerprint density at radius 3 is 2.56 bits per heavy atom. The summed E-state index contributed by atoms with van der Waals surface area (Å²) in [5, 5.41) is 0. The molecule has 2 rings (SSSR count). The summed E-state index contributed by atoms with van der Waals surface area (Å²) in [5.74, 6) is -3.01. The van der Waals surface area contributed by atoms with E-state index in [-0.39, 0.29) is 5.91 Å². The third-order valence-corrected chi connectivity index (χ3v) is 3.38. The molecule has 1 fully saturated rings. The van der Waals surface area contributed by atoms with Crippen LogP contribution >= 0.6 is 22.6 Å². The third kappa shape index (κ3) is 2.18. The fourth-order valence-electron chi connectivity index (χ4n) is 1.62. The van der Waals surface area contributed by atoms with Crippen molar-refractivity contribution in [1.82, 2.24) is 4.90 Å². The minimum Gasteiger partial charge on any atom is -0.326 e. The van der Waals surface area contributed by atoms with Gasteiger partial charge >= 0.3 is 0 Å². The van der Waals surface area contributed by atoms with Gasteiger partial charge in [0.05, 0.1) is 18.7 Å². The van der Waals surface area contributed by atoms with Gasteiger partial charge in [0, 0.05) is 3.57 Å². The Bertz CT molecular complexity index is 440. The number of nitrogens with zero attached hydrogens (tertiary/aromatic N) is 1. The highest BCUT2D eigenvalue weighted by atomic mass is 127. The van der Waals surface area contributed by atoms with Crippen LogP contribution < -0.4 is 0 Å². The van der Waals surface area contributed by atoms with Crippen molar-refractivity contribution in [3.63, 3.8) is 0 Å². The highest BCUT2D eigenvalue weighted by Crippen LogP contribution is 2.29.